The number of hydrogen-bond donors (Lipinski definition) is 0. The predicted molar refractivity (Wildman–Crippen MR) is 91.7 cm³/mol. The van der Waals surface area contributed by atoms with Crippen LogP contribution in [0, 0.1) is 12.8 Å². The molecule has 0 N–H and O–H groups in total. The van der Waals surface area contributed by atoms with Crippen molar-refractivity contribution in [3.8, 4) is 5.75 Å². The van der Waals surface area contributed by atoms with Crippen LogP contribution in [0.15, 0.2) is 54.6 Å². The van der Waals surface area contributed by atoms with E-state index in [-0.39, 0.29) is 5.91 Å². The van der Waals surface area contributed by atoms with Gasteiger partial charge in [-0.1, -0.05) is 36.4 Å². The van der Waals surface area contributed by atoms with Gasteiger partial charge in [-0.2, -0.15) is 0 Å². The lowest BCUT2D eigenvalue weighted by molar-refractivity contribution is 0.0632. The lowest BCUT2D eigenvalue weighted by atomic mass is 9.97. The number of benzene rings is 2. The van der Waals surface area contributed by atoms with E-state index < -0.39 is 0 Å². The van der Waals surface area contributed by atoms with Gasteiger partial charge < -0.3 is 9.64 Å². The Bertz CT molecular complexity index is 654. The molecule has 1 atom stereocenters. The van der Waals surface area contributed by atoms with Crippen molar-refractivity contribution < 1.29 is 9.53 Å². The van der Waals surface area contributed by atoms with Crippen molar-refractivity contribution in [3.63, 3.8) is 0 Å². The Morgan fingerprint density at radius 3 is 2.65 bits per heavy atom. The summed E-state index contributed by atoms with van der Waals surface area (Å²) in [6.45, 7) is 4.28. The second-order valence-electron chi connectivity index (χ2n) is 6.20. The zero-order chi connectivity index (χ0) is 16.1. The van der Waals surface area contributed by atoms with Crippen LogP contribution in [0.3, 0.4) is 0 Å². The first-order chi connectivity index (χ1) is 11.2. The van der Waals surface area contributed by atoms with Crippen LogP contribution in [0.1, 0.15) is 28.8 Å². The van der Waals surface area contributed by atoms with Crippen molar-refractivity contribution in [2.24, 2.45) is 5.92 Å². The predicted octanol–water partition coefficient (Wildman–Crippen LogP) is 3.93. The summed E-state index contributed by atoms with van der Waals surface area (Å²) in [4.78, 5) is 14.7. The number of amides is 1. The normalized spacial score (nSPS) is 17.8. The highest BCUT2D eigenvalue weighted by atomic mass is 16.5. The summed E-state index contributed by atoms with van der Waals surface area (Å²) in [5, 5.41) is 0. The summed E-state index contributed by atoms with van der Waals surface area (Å²) < 4.78 is 5.87. The van der Waals surface area contributed by atoms with E-state index in [0.29, 0.717) is 12.5 Å². The molecule has 1 heterocycles. The van der Waals surface area contributed by atoms with Crippen LogP contribution in [0.5, 0.6) is 5.75 Å². The van der Waals surface area contributed by atoms with Crippen molar-refractivity contribution in [1.29, 1.82) is 0 Å². The van der Waals surface area contributed by atoms with E-state index in [9.17, 15) is 4.79 Å². The number of piperidine rings is 1. The number of aryl methyl sites for hydroxylation is 1. The largest absolute Gasteiger partial charge is 0.493 e. The highest BCUT2D eigenvalue weighted by Crippen LogP contribution is 2.21. The number of carbonyl (C=O) groups excluding carboxylic acids is 1. The fraction of sp³-hybridized carbons (Fsp3) is 0.350. The molecule has 2 aromatic rings. The van der Waals surface area contributed by atoms with E-state index in [1.165, 1.54) is 0 Å². The maximum absolute atomic E-state index is 12.7. The van der Waals surface area contributed by atoms with Gasteiger partial charge in [0.15, 0.2) is 0 Å². The molecule has 0 saturated carbocycles. The molecule has 1 fully saturated rings. The van der Waals surface area contributed by atoms with Crippen LogP contribution in [-0.4, -0.2) is 30.5 Å². The summed E-state index contributed by atoms with van der Waals surface area (Å²) in [7, 11) is 0. The highest BCUT2D eigenvalue weighted by molar-refractivity contribution is 5.95. The first-order valence-electron chi connectivity index (χ1n) is 8.27. The van der Waals surface area contributed by atoms with Gasteiger partial charge in [0.25, 0.3) is 5.91 Å². The van der Waals surface area contributed by atoms with Crippen LogP contribution in [0.4, 0.5) is 0 Å². The molecule has 0 spiro atoms. The molecule has 1 aliphatic heterocycles. The van der Waals surface area contributed by atoms with Gasteiger partial charge in [0.05, 0.1) is 6.61 Å². The Kier molecular flexibility index (Phi) is 4.96. The average Bonchev–Trinajstić information content (AvgIpc) is 2.61. The molecule has 0 radical (unpaired) electrons. The summed E-state index contributed by atoms with van der Waals surface area (Å²) in [6.07, 6.45) is 2.16. The molecule has 1 saturated heterocycles. The van der Waals surface area contributed by atoms with Crippen LogP contribution in [0.25, 0.3) is 0 Å². The fourth-order valence-electron chi connectivity index (χ4n) is 3.10. The van der Waals surface area contributed by atoms with Gasteiger partial charge in [0.1, 0.15) is 5.75 Å². The summed E-state index contributed by atoms with van der Waals surface area (Å²) in [6, 6.07) is 17.7. The zero-order valence-electron chi connectivity index (χ0n) is 13.6. The molecule has 3 rings (SSSR count). The SMILES string of the molecule is Cc1ccccc1C(=O)N1CCCC(COc2ccccc2)C1. The van der Waals surface area contributed by atoms with Crippen molar-refractivity contribution >= 4 is 5.91 Å². The molecule has 0 aliphatic carbocycles. The van der Waals surface area contributed by atoms with E-state index in [4.69, 9.17) is 4.74 Å². The van der Waals surface area contributed by atoms with Gasteiger partial charge in [0.2, 0.25) is 0 Å². The summed E-state index contributed by atoms with van der Waals surface area (Å²) in [5.41, 5.74) is 1.86. The van der Waals surface area contributed by atoms with Gasteiger partial charge in [-0.25, -0.2) is 0 Å². The average molecular weight is 309 g/mol. The molecular weight excluding hydrogens is 286 g/mol. The first-order valence-corrected chi connectivity index (χ1v) is 8.27. The number of nitrogens with zero attached hydrogens (tertiary/aromatic N) is 1. The summed E-state index contributed by atoms with van der Waals surface area (Å²) >= 11 is 0. The Balaban J connectivity index is 1.60. The number of para-hydroxylation sites is 1. The number of carbonyl (C=O) groups is 1. The Morgan fingerprint density at radius 1 is 1.13 bits per heavy atom. The van der Waals surface area contributed by atoms with Crippen LogP contribution < -0.4 is 4.74 Å². The minimum atomic E-state index is 0.146. The quantitative estimate of drug-likeness (QED) is 0.856. The van der Waals surface area contributed by atoms with Gasteiger partial charge in [-0.05, 0) is 43.5 Å². The molecule has 3 heteroatoms. The van der Waals surface area contributed by atoms with Gasteiger partial charge >= 0.3 is 0 Å². The Morgan fingerprint density at radius 2 is 1.87 bits per heavy atom. The highest BCUT2D eigenvalue weighted by Gasteiger charge is 2.25. The van der Waals surface area contributed by atoms with E-state index in [2.05, 4.69) is 0 Å². The molecule has 3 nitrogen and oxygen atoms in total. The fourth-order valence-corrected chi connectivity index (χ4v) is 3.10. The topological polar surface area (TPSA) is 29.5 Å². The molecule has 1 aliphatic rings. The number of likely N-dealkylation sites (tertiary alicyclic amines) is 1. The lowest BCUT2D eigenvalue weighted by Crippen LogP contribution is -2.41. The summed E-state index contributed by atoms with van der Waals surface area (Å²) in [5.74, 6) is 1.44. The monoisotopic (exact) mass is 309 g/mol. The van der Waals surface area contributed by atoms with E-state index in [1.807, 2.05) is 66.4 Å². The number of ether oxygens (including phenoxy) is 1. The molecule has 1 amide bonds. The third-order valence-corrected chi connectivity index (χ3v) is 4.41. The molecule has 0 aromatic heterocycles. The van der Waals surface area contributed by atoms with E-state index in [0.717, 1.165) is 42.8 Å². The van der Waals surface area contributed by atoms with Crippen LogP contribution in [0.2, 0.25) is 0 Å². The third-order valence-electron chi connectivity index (χ3n) is 4.41. The minimum absolute atomic E-state index is 0.146. The molecule has 23 heavy (non-hydrogen) atoms. The van der Waals surface area contributed by atoms with E-state index >= 15 is 0 Å². The van der Waals surface area contributed by atoms with Crippen LogP contribution in [-0.2, 0) is 0 Å². The van der Waals surface area contributed by atoms with Crippen molar-refractivity contribution in [2.45, 2.75) is 19.8 Å². The minimum Gasteiger partial charge on any atom is -0.493 e. The van der Waals surface area contributed by atoms with Crippen molar-refractivity contribution in [2.75, 3.05) is 19.7 Å². The molecular formula is C20H23NO2. The smallest absolute Gasteiger partial charge is 0.254 e. The second kappa shape index (κ2) is 7.32. The third kappa shape index (κ3) is 3.92. The van der Waals surface area contributed by atoms with Crippen molar-refractivity contribution in [3.05, 3.63) is 65.7 Å². The standard InChI is InChI=1S/C20H23NO2/c1-16-8-5-6-12-19(16)20(22)21-13-7-9-17(14-21)15-23-18-10-3-2-4-11-18/h2-6,8,10-12,17H,7,9,13-15H2,1H3. The lowest BCUT2D eigenvalue weighted by Gasteiger charge is -2.33. The molecule has 0 bridgehead atoms. The van der Waals surface area contributed by atoms with Gasteiger partial charge in [0, 0.05) is 24.6 Å². The van der Waals surface area contributed by atoms with E-state index in [1.54, 1.807) is 0 Å². The van der Waals surface area contributed by atoms with Gasteiger partial charge in [-0.3, -0.25) is 4.79 Å². The molecule has 120 valence electrons. The second-order valence-corrected chi connectivity index (χ2v) is 6.20. The molecule has 1 unspecified atom stereocenters. The molecule has 2 aromatic carbocycles. The zero-order valence-corrected chi connectivity index (χ0v) is 13.6. The maximum atomic E-state index is 12.7. The van der Waals surface area contributed by atoms with Gasteiger partial charge in [-0.15, -0.1) is 0 Å². The number of rotatable bonds is 4. The maximum Gasteiger partial charge on any atom is 0.254 e. The Labute approximate surface area is 137 Å². The van der Waals surface area contributed by atoms with Crippen LogP contribution >= 0.6 is 0 Å². The van der Waals surface area contributed by atoms with Crippen molar-refractivity contribution in [1.82, 2.24) is 4.90 Å². The first kappa shape index (κ1) is 15.6. The Hall–Kier alpha value is -2.29. The number of hydrogen-bond acceptors (Lipinski definition) is 2.